The highest BCUT2D eigenvalue weighted by atomic mass is 16.6. The molecular weight excluding hydrogens is 318 g/mol. The Balaban J connectivity index is 1.71. The minimum atomic E-state index is -0.863. The van der Waals surface area contributed by atoms with E-state index in [1.165, 1.54) is 0 Å². The minimum absolute atomic E-state index is 0.0421. The molecule has 0 fully saturated rings. The van der Waals surface area contributed by atoms with Crippen molar-refractivity contribution in [3.05, 3.63) is 59.2 Å². The monoisotopic (exact) mass is 339 g/mol. The maximum absolute atomic E-state index is 12.6. The van der Waals surface area contributed by atoms with Crippen LogP contribution in [0, 0.1) is 0 Å². The van der Waals surface area contributed by atoms with Gasteiger partial charge in [-0.3, -0.25) is 4.79 Å². The van der Waals surface area contributed by atoms with Crippen LogP contribution in [0.1, 0.15) is 47.0 Å². The van der Waals surface area contributed by atoms with E-state index in [2.05, 4.69) is 10.2 Å². The molecule has 130 valence electrons. The normalized spacial score (nSPS) is 22.8. The molecule has 6 nitrogen and oxygen atoms in total. The van der Waals surface area contributed by atoms with Gasteiger partial charge in [-0.2, -0.15) is 0 Å². The summed E-state index contributed by atoms with van der Waals surface area (Å²) in [6, 6.07) is 13.1. The molecule has 1 unspecified atom stereocenters. The van der Waals surface area contributed by atoms with Crippen LogP contribution in [0.5, 0.6) is 5.75 Å². The first kappa shape index (κ1) is 15.9. The van der Waals surface area contributed by atoms with Gasteiger partial charge >= 0.3 is 0 Å². The van der Waals surface area contributed by atoms with E-state index in [4.69, 9.17) is 10.5 Å². The van der Waals surface area contributed by atoms with Crippen molar-refractivity contribution in [3.8, 4) is 5.75 Å². The molecular formula is C19H21N3O3. The number of carbonyl (C=O) groups excluding carboxylic acids is 1. The molecule has 0 aromatic heterocycles. The number of carbonyl (C=O) groups is 1. The molecule has 2 aliphatic rings. The molecule has 4 rings (SSSR count). The number of amides is 1. The van der Waals surface area contributed by atoms with Gasteiger partial charge in [-0.25, -0.2) is 0 Å². The Bertz CT molecular complexity index is 804. The highest BCUT2D eigenvalue weighted by molar-refractivity contribution is 6.03. The predicted octanol–water partition coefficient (Wildman–Crippen LogP) is 2.06. The van der Waals surface area contributed by atoms with Gasteiger partial charge in [0.1, 0.15) is 11.9 Å². The van der Waals surface area contributed by atoms with Crippen molar-refractivity contribution in [2.45, 2.75) is 31.8 Å². The Hall–Kier alpha value is -2.57. The standard InChI is InChI=1S/C19H21N3O3/c1-11(23)25-13-7-5-12(6-8-13)18-21-19(24)15-4-2-3-14-16(20)9-10-22(18)17(14)15/h2-8,11,16,18,23H,9-10,20H2,1H3,(H,21,24)/t11?,16-,18-/m0/s1. The number of hydrogen-bond donors (Lipinski definition) is 3. The van der Waals surface area contributed by atoms with Crippen molar-refractivity contribution < 1.29 is 14.6 Å². The molecule has 25 heavy (non-hydrogen) atoms. The summed E-state index contributed by atoms with van der Waals surface area (Å²) in [7, 11) is 0. The fourth-order valence-corrected chi connectivity index (χ4v) is 3.64. The van der Waals surface area contributed by atoms with Gasteiger partial charge in [0, 0.05) is 12.6 Å². The van der Waals surface area contributed by atoms with E-state index in [1.807, 2.05) is 30.3 Å². The van der Waals surface area contributed by atoms with Crippen LogP contribution in [0.25, 0.3) is 0 Å². The fourth-order valence-electron chi connectivity index (χ4n) is 3.64. The molecule has 2 aromatic carbocycles. The predicted molar refractivity (Wildman–Crippen MR) is 94.3 cm³/mol. The molecule has 0 saturated carbocycles. The van der Waals surface area contributed by atoms with Gasteiger partial charge in [0.25, 0.3) is 5.91 Å². The van der Waals surface area contributed by atoms with Gasteiger partial charge in [0.05, 0.1) is 11.3 Å². The number of aliphatic hydroxyl groups is 1. The summed E-state index contributed by atoms with van der Waals surface area (Å²) in [4.78, 5) is 14.8. The molecule has 0 bridgehead atoms. The van der Waals surface area contributed by atoms with Crippen molar-refractivity contribution in [2.24, 2.45) is 5.73 Å². The Morgan fingerprint density at radius 2 is 2.04 bits per heavy atom. The number of para-hydroxylation sites is 1. The van der Waals surface area contributed by atoms with Crippen LogP contribution in [0.4, 0.5) is 5.69 Å². The number of nitrogens with zero attached hydrogens (tertiary/aromatic N) is 1. The lowest BCUT2D eigenvalue weighted by molar-refractivity contribution is -0.000309. The molecule has 0 saturated heterocycles. The molecule has 4 N–H and O–H groups in total. The number of aliphatic hydroxyl groups excluding tert-OH is 1. The third-order valence-corrected chi connectivity index (χ3v) is 4.76. The zero-order valence-corrected chi connectivity index (χ0v) is 14.0. The minimum Gasteiger partial charge on any atom is -0.465 e. The Morgan fingerprint density at radius 3 is 2.76 bits per heavy atom. The van der Waals surface area contributed by atoms with Crippen LogP contribution in [-0.4, -0.2) is 23.8 Å². The molecule has 2 heterocycles. The van der Waals surface area contributed by atoms with Crippen molar-refractivity contribution in [1.82, 2.24) is 5.32 Å². The summed E-state index contributed by atoms with van der Waals surface area (Å²) < 4.78 is 5.27. The van der Waals surface area contributed by atoms with Crippen LogP contribution in [0.2, 0.25) is 0 Å². The number of anilines is 1. The first-order valence-corrected chi connectivity index (χ1v) is 8.45. The van der Waals surface area contributed by atoms with Crippen molar-refractivity contribution in [1.29, 1.82) is 0 Å². The van der Waals surface area contributed by atoms with E-state index in [-0.39, 0.29) is 18.1 Å². The smallest absolute Gasteiger partial charge is 0.255 e. The second-order valence-electron chi connectivity index (χ2n) is 6.49. The van der Waals surface area contributed by atoms with Crippen LogP contribution in [0.3, 0.4) is 0 Å². The Kier molecular flexibility index (Phi) is 3.86. The van der Waals surface area contributed by atoms with Gasteiger partial charge in [-0.15, -0.1) is 0 Å². The zero-order valence-electron chi connectivity index (χ0n) is 14.0. The molecule has 2 aliphatic heterocycles. The second kappa shape index (κ2) is 6.06. The molecule has 0 radical (unpaired) electrons. The molecule has 0 spiro atoms. The number of nitrogens with one attached hydrogen (secondary N) is 1. The fraction of sp³-hybridized carbons (Fsp3) is 0.316. The number of benzene rings is 2. The molecule has 1 amide bonds. The average molecular weight is 339 g/mol. The van der Waals surface area contributed by atoms with E-state index < -0.39 is 6.29 Å². The largest absolute Gasteiger partial charge is 0.465 e. The summed E-state index contributed by atoms with van der Waals surface area (Å²) >= 11 is 0. The number of hydrogen-bond acceptors (Lipinski definition) is 5. The summed E-state index contributed by atoms with van der Waals surface area (Å²) in [5.74, 6) is 0.499. The summed E-state index contributed by atoms with van der Waals surface area (Å²) in [5, 5.41) is 12.4. The van der Waals surface area contributed by atoms with Crippen molar-refractivity contribution in [2.75, 3.05) is 11.4 Å². The lowest BCUT2D eigenvalue weighted by atomic mass is 9.90. The van der Waals surface area contributed by atoms with E-state index >= 15 is 0 Å². The first-order chi connectivity index (χ1) is 12.0. The van der Waals surface area contributed by atoms with Crippen molar-refractivity contribution in [3.63, 3.8) is 0 Å². The summed E-state index contributed by atoms with van der Waals surface area (Å²) in [6.45, 7) is 2.34. The van der Waals surface area contributed by atoms with Crippen LogP contribution < -0.4 is 20.7 Å². The first-order valence-electron chi connectivity index (χ1n) is 8.45. The third-order valence-electron chi connectivity index (χ3n) is 4.76. The van der Waals surface area contributed by atoms with Crippen LogP contribution in [-0.2, 0) is 0 Å². The highest BCUT2D eigenvalue weighted by Crippen LogP contribution is 2.42. The van der Waals surface area contributed by atoms with Crippen LogP contribution >= 0.6 is 0 Å². The Labute approximate surface area is 146 Å². The van der Waals surface area contributed by atoms with Gasteiger partial charge in [-0.05, 0) is 42.7 Å². The quantitative estimate of drug-likeness (QED) is 0.745. The van der Waals surface area contributed by atoms with E-state index in [9.17, 15) is 9.90 Å². The maximum Gasteiger partial charge on any atom is 0.255 e. The van der Waals surface area contributed by atoms with Gasteiger partial charge in [0.2, 0.25) is 0 Å². The average Bonchev–Trinajstić information content (AvgIpc) is 2.60. The molecule has 2 aromatic rings. The van der Waals surface area contributed by atoms with Crippen molar-refractivity contribution >= 4 is 11.6 Å². The van der Waals surface area contributed by atoms with Gasteiger partial charge < -0.3 is 25.8 Å². The SMILES string of the molecule is CC(O)Oc1ccc([C@H]2NC(=O)c3cccc4c3N2CC[C@@H]4N)cc1. The Morgan fingerprint density at radius 1 is 1.28 bits per heavy atom. The summed E-state index contributed by atoms with van der Waals surface area (Å²) in [6.07, 6.45) is -0.265. The molecule has 6 heteroatoms. The maximum atomic E-state index is 12.6. The molecule has 3 atom stereocenters. The number of nitrogens with two attached hydrogens (primary N) is 1. The van der Waals surface area contributed by atoms with E-state index in [1.54, 1.807) is 19.1 Å². The van der Waals surface area contributed by atoms with E-state index in [0.29, 0.717) is 11.3 Å². The van der Waals surface area contributed by atoms with Crippen LogP contribution in [0.15, 0.2) is 42.5 Å². The molecule has 0 aliphatic carbocycles. The van der Waals surface area contributed by atoms with Gasteiger partial charge in [0.15, 0.2) is 6.29 Å². The lowest BCUT2D eigenvalue weighted by Gasteiger charge is -2.44. The lowest BCUT2D eigenvalue weighted by Crippen LogP contribution is -2.49. The second-order valence-corrected chi connectivity index (χ2v) is 6.49. The summed E-state index contributed by atoms with van der Waals surface area (Å²) in [5.41, 5.74) is 9.86. The topological polar surface area (TPSA) is 87.8 Å². The third kappa shape index (κ3) is 2.73. The highest BCUT2D eigenvalue weighted by Gasteiger charge is 2.37. The number of ether oxygens (including phenoxy) is 1. The number of rotatable bonds is 3. The zero-order chi connectivity index (χ0) is 17.6. The van der Waals surface area contributed by atoms with Gasteiger partial charge in [-0.1, -0.05) is 24.3 Å². The van der Waals surface area contributed by atoms with E-state index in [0.717, 1.165) is 29.8 Å².